The topological polar surface area (TPSA) is 30.7 Å². The van der Waals surface area contributed by atoms with E-state index in [1.165, 1.54) is 44.3 Å². The summed E-state index contributed by atoms with van der Waals surface area (Å²) in [6.45, 7) is 0. The molecule has 2 aromatic heterocycles. The summed E-state index contributed by atoms with van der Waals surface area (Å²) >= 11 is 0. The number of hydrogen-bond donors (Lipinski definition) is 0. The molecule has 10 aromatic rings. The van der Waals surface area contributed by atoms with Gasteiger partial charge in [-0.15, -0.1) is 0 Å². The molecule has 0 unspecified atom stereocenters. The number of hydrogen-bond acceptors (Lipinski definition) is 2. The average molecular weight is 688 g/mol. The average Bonchev–Trinajstić information content (AvgIpc) is 3.73. The molecule has 0 spiro atoms. The second-order valence-electron chi connectivity index (χ2n) is 14.1. The highest BCUT2D eigenvalue weighted by Crippen LogP contribution is 2.57. The smallest absolute Gasteiger partial charge is 0.235 e. The van der Waals surface area contributed by atoms with E-state index in [1.807, 2.05) is 0 Å². The van der Waals surface area contributed by atoms with E-state index in [4.69, 9.17) is 9.97 Å². The van der Waals surface area contributed by atoms with E-state index in [-0.39, 0.29) is 0 Å². The number of aromatic nitrogens is 3. The zero-order valence-electron chi connectivity index (χ0n) is 29.4. The summed E-state index contributed by atoms with van der Waals surface area (Å²) in [7, 11) is 0. The minimum absolute atomic E-state index is 0.499. The Labute approximate surface area is 313 Å². The Bertz CT molecular complexity index is 2980. The second kappa shape index (κ2) is 12.0. The third-order valence-electron chi connectivity index (χ3n) is 11.3. The van der Waals surface area contributed by atoms with Gasteiger partial charge < -0.3 is 0 Å². The number of para-hydroxylation sites is 1. The highest BCUT2D eigenvalue weighted by Gasteiger charge is 2.46. The van der Waals surface area contributed by atoms with Crippen molar-refractivity contribution in [1.82, 2.24) is 14.5 Å². The molecule has 3 heteroatoms. The summed E-state index contributed by atoms with van der Waals surface area (Å²) in [6.07, 6.45) is 0. The van der Waals surface area contributed by atoms with E-state index in [0.29, 0.717) is 5.95 Å². The monoisotopic (exact) mass is 687 g/mol. The predicted octanol–water partition coefficient (Wildman–Crippen LogP) is 12.4. The number of benzene rings is 8. The van der Waals surface area contributed by atoms with Crippen molar-refractivity contribution in [3.8, 4) is 39.5 Å². The Kier molecular flexibility index (Phi) is 6.77. The van der Waals surface area contributed by atoms with E-state index in [9.17, 15) is 0 Å². The van der Waals surface area contributed by atoms with Gasteiger partial charge in [-0.2, -0.15) is 0 Å². The van der Waals surface area contributed by atoms with E-state index in [0.717, 1.165) is 44.1 Å². The first-order valence-corrected chi connectivity index (χ1v) is 18.5. The molecule has 0 aliphatic heterocycles. The Morgan fingerprint density at radius 2 is 0.963 bits per heavy atom. The van der Waals surface area contributed by atoms with Crippen LogP contribution >= 0.6 is 0 Å². The quantitative estimate of drug-likeness (QED) is 0.180. The van der Waals surface area contributed by atoms with Crippen LogP contribution in [-0.4, -0.2) is 14.5 Å². The van der Waals surface area contributed by atoms with Crippen molar-refractivity contribution in [2.24, 2.45) is 0 Å². The maximum absolute atomic E-state index is 5.43. The molecule has 0 amide bonds. The third-order valence-corrected chi connectivity index (χ3v) is 11.3. The predicted molar refractivity (Wildman–Crippen MR) is 222 cm³/mol. The molecule has 8 aromatic carbocycles. The summed E-state index contributed by atoms with van der Waals surface area (Å²) in [5, 5.41) is 3.37. The summed E-state index contributed by atoms with van der Waals surface area (Å²) in [5.74, 6) is 0.654. The van der Waals surface area contributed by atoms with Crippen molar-refractivity contribution in [3.05, 3.63) is 222 Å². The normalized spacial score (nSPS) is 13.0. The number of fused-ring (bicyclic) bond motifs is 7. The van der Waals surface area contributed by atoms with Gasteiger partial charge in [-0.3, -0.25) is 4.57 Å². The van der Waals surface area contributed by atoms with Crippen LogP contribution in [0, 0.1) is 0 Å². The largest absolute Gasteiger partial charge is 0.278 e. The van der Waals surface area contributed by atoms with Crippen LogP contribution in [0.5, 0.6) is 0 Å². The zero-order valence-corrected chi connectivity index (χ0v) is 29.4. The standard InChI is InChI=1S/C51H33N3/c1-5-17-34(18-6-1)36-29-30-40-43-32-45-42(39-25-13-15-27-44(39)51(45,37-21-9-3-10-22-37)38-23-11-4-12-24-38)33-48(43)54(47(40)31-36)50-52-46-28-16-14-26-41(46)49(53-50)35-19-7-2-8-20-35/h1-33H. The van der Waals surface area contributed by atoms with Crippen molar-refractivity contribution in [3.63, 3.8) is 0 Å². The maximum Gasteiger partial charge on any atom is 0.235 e. The van der Waals surface area contributed by atoms with Crippen LogP contribution < -0.4 is 0 Å². The Balaban J connectivity index is 1.29. The molecule has 11 rings (SSSR count). The number of rotatable bonds is 5. The van der Waals surface area contributed by atoms with Crippen LogP contribution in [0.1, 0.15) is 22.3 Å². The van der Waals surface area contributed by atoms with Gasteiger partial charge in [0.1, 0.15) is 0 Å². The first-order chi connectivity index (χ1) is 26.8. The lowest BCUT2D eigenvalue weighted by atomic mass is 9.67. The Hall–Kier alpha value is -7.10. The molecule has 54 heavy (non-hydrogen) atoms. The molecular weight excluding hydrogens is 655 g/mol. The van der Waals surface area contributed by atoms with Gasteiger partial charge in [0.15, 0.2) is 0 Å². The van der Waals surface area contributed by atoms with Crippen molar-refractivity contribution < 1.29 is 0 Å². The van der Waals surface area contributed by atoms with Crippen LogP contribution in [0.4, 0.5) is 0 Å². The zero-order chi connectivity index (χ0) is 35.6. The molecule has 0 bridgehead atoms. The number of nitrogens with zero attached hydrogens (tertiary/aromatic N) is 3. The molecule has 0 fully saturated rings. The lowest BCUT2D eigenvalue weighted by Crippen LogP contribution is -2.28. The minimum atomic E-state index is -0.499. The fourth-order valence-corrected chi connectivity index (χ4v) is 8.96. The van der Waals surface area contributed by atoms with Gasteiger partial charge in [0.25, 0.3) is 0 Å². The maximum atomic E-state index is 5.43. The summed E-state index contributed by atoms with van der Waals surface area (Å²) in [6, 6.07) is 72.1. The van der Waals surface area contributed by atoms with Crippen molar-refractivity contribution in [1.29, 1.82) is 0 Å². The van der Waals surface area contributed by atoms with Crippen LogP contribution in [0.15, 0.2) is 200 Å². The molecule has 0 N–H and O–H groups in total. The minimum Gasteiger partial charge on any atom is -0.278 e. The van der Waals surface area contributed by atoms with Gasteiger partial charge in [-0.1, -0.05) is 176 Å². The Morgan fingerprint density at radius 3 is 1.69 bits per heavy atom. The van der Waals surface area contributed by atoms with Gasteiger partial charge in [0.2, 0.25) is 5.95 Å². The van der Waals surface area contributed by atoms with E-state index in [2.05, 4.69) is 205 Å². The summed E-state index contributed by atoms with van der Waals surface area (Å²) in [4.78, 5) is 10.7. The first kappa shape index (κ1) is 30.5. The molecule has 1 aliphatic carbocycles. The van der Waals surface area contributed by atoms with Gasteiger partial charge in [-0.25, -0.2) is 9.97 Å². The van der Waals surface area contributed by atoms with Gasteiger partial charge in [0.05, 0.1) is 27.7 Å². The first-order valence-electron chi connectivity index (χ1n) is 18.5. The molecule has 0 radical (unpaired) electrons. The van der Waals surface area contributed by atoms with Crippen LogP contribution in [0.3, 0.4) is 0 Å². The molecule has 3 nitrogen and oxygen atoms in total. The highest BCUT2D eigenvalue weighted by molar-refractivity contribution is 6.12. The highest BCUT2D eigenvalue weighted by atomic mass is 15.2. The molecular formula is C51H33N3. The lowest BCUT2D eigenvalue weighted by molar-refractivity contribution is 0.769. The van der Waals surface area contributed by atoms with Gasteiger partial charge in [-0.05, 0) is 68.8 Å². The van der Waals surface area contributed by atoms with E-state index in [1.54, 1.807) is 0 Å². The van der Waals surface area contributed by atoms with Crippen molar-refractivity contribution in [2.45, 2.75) is 5.41 Å². The second-order valence-corrected chi connectivity index (χ2v) is 14.1. The van der Waals surface area contributed by atoms with Crippen molar-refractivity contribution in [2.75, 3.05) is 0 Å². The van der Waals surface area contributed by atoms with E-state index < -0.39 is 5.41 Å². The fraction of sp³-hybridized carbons (Fsp3) is 0.0196. The Morgan fingerprint density at radius 1 is 0.370 bits per heavy atom. The summed E-state index contributed by atoms with van der Waals surface area (Å²) in [5.41, 5.74) is 14.4. The van der Waals surface area contributed by atoms with Crippen LogP contribution in [0.2, 0.25) is 0 Å². The molecule has 0 saturated carbocycles. The molecule has 1 aliphatic rings. The molecule has 0 atom stereocenters. The van der Waals surface area contributed by atoms with Crippen molar-refractivity contribution >= 4 is 32.7 Å². The SMILES string of the molecule is c1ccc(-c2ccc3c4cc5c(cc4n(-c4nc(-c6ccccc6)c6ccccc6n4)c3c2)-c2ccccc2C5(c2ccccc2)c2ccccc2)cc1. The molecule has 2 heterocycles. The van der Waals surface area contributed by atoms with Gasteiger partial charge in [0, 0.05) is 21.7 Å². The van der Waals surface area contributed by atoms with Crippen LogP contribution in [-0.2, 0) is 5.41 Å². The van der Waals surface area contributed by atoms with E-state index >= 15 is 0 Å². The molecule has 252 valence electrons. The van der Waals surface area contributed by atoms with Gasteiger partial charge >= 0.3 is 0 Å². The third kappa shape index (κ3) is 4.42. The van der Waals surface area contributed by atoms with Crippen LogP contribution in [0.25, 0.3) is 72.2 Å². The fourth-order valence-electron chi connectivity index (χ4n) is 8.96. The lowest BCUT2D eigenvalue weighted by Gasteiger charge is -2.33. The summed E-state index contributed by atoms with van der Waals surface area (Å²) < 4.78 is 2.30. The molecule has 0 saturated heterocycles.